The molecule has 0 bridgehead atoms. The highest BCUT2D eigenvalue weighted by Crippen LogP contribution is 2.65. The van der Waals surface area contributed by atoms with Gasteiger partial charge >= 0.3 is 0 Å². The summed E-state index contributed by atoms with van der Waals surface area (Å²) in [4.78, 5) is 5.20. The van der Waals surface area contributed by atoms with Crippen LogP contribution in [-0.4, -0.2) is 6.04 Å². The van der Waals surface area contributed by atoms with E-state index < -0.39 is 10.8 Å². The van der Waals surface area contributed by atoms with E-state index in [1.54, 1.807) is 0 Å². The van der Waals surface area contributed by atoms with Crippen molar-refractivity contribution in [3.63, 3.8) is 0 Å². The Hall–Kier alpha value is -9.90. The van der Waals surface area contributed by atoms with E-state index in [4.69, 9.17) is 0 Å². The van der Waals surface area contributed by atoms with E-state index in [-0.39, 0.29) is 12.0 Å². The number of benzene rings is 11. The standard InChI is InChI=1S/C77H58N4/c1-49-23-21-36-64-75(49)81(70-40-20-16-34-62(70)76(64)59-31-13-17-37-67(59)78-68-38-18-14-32-60(68)76)74-50(2)45-56(46-51(74)3)58-30-22-35-63-73(58)79-69-39-19-15-33-61(69)77(63)65-47-54(52-24-7-4-8-25-52)41-43-71(65)80(57-28-11-6-12-29-57)72-44-42-55(48-66(72)77)53-26-9-5-10-27-53/h4-48,50,74,78-79H,1-3H3. The summed E-state index contributed by atoms with van der Waals surface area (Å²) in [6.07, 6.45) is 5.05. The van der Waals surface area contributed by atoms with Crippen LogP contribution in [0.15, 0.2) is 279 Å². The normalized spacial score (nSPS) is 17.1. The fraction of sp³-hybridized carbons (Fsp3) is 0.0909. The van der Waals surface area contributed by atoms with Crippen LogP contribution in [-0.2, 0) is 10.8 Å². The average Bonchev–Trinajstić information content (AvgIpc) is 1.27. The minimum absolute atomic E-state index is 0.0350. The monoisotopic (exact) mass is 1040 g/mol. The van der Waals surface area contributed by atoms with Gasteiger partial charge in [-0.3, -0.25) is 0 Å². The van der Waals surface area contributed by atoms with Gasteiger partial charge in [-0.1, -0.05) is 219 Å². The number of aryl methyl sites for hydroxylation is 1. The summed E-state index contributed by atoms with van der Waals surface area (Å²) in [5.74, 6) is 0.116. The van der Waals surface area contributed by atoms with E-state index in [2.05, 4.69) is 314 Å². The molecule has 0 fully saturated rings. The second-order valence-electron chi connectivity index (χ2n) is 22.7. The molecule has 2 unspecified atom stereocenters. The number of nitrogens with zero attached hydrogens (tertiary/aromatic N) is 2. The molecule has 4 heterocycles. The first-order valence-corrected chi connectivity index (χ1v) is 28.5. The summed E-state index contributed by atoms with van der Waals surface area (Å²) in [5, 5.41) is 8.01. The number of hydrogen-bond acceptors (Lipinski definition) is 4. The van der Waals surface area contributed by atoms with Gasteiger partial charge in [-0.15, -0.1) is 0 Å². The van der Waals surface area contributed by atoms with Gasteiger partial charge in [0.25, 0.3) is 0 Å². The maximum Gasteiger partial charge on any atom is 0.0783 e. The molecule has 2 spiro atoms. The lowest BCUT2D eigenvalue weighted by molar-refractivity contribution is 0.569. The average molecular weight is 1040 g/mol. The minimum atomic E-state index is -0.749. The van der Waals surface area contributed by atoms with Crippen LogP contribution in [0.2, 0.25) is 0 Å². The number of rotatable bonds is 5. The van der Waals surface area contributed by atoms with Crippen molar-refractivity contribution >= 4 is 56.8 Å². The zero-order chi connectivity index (χ0) is 54.0. The van der Waals surface area contributed by atoms with Crippen LogP contribution in [0.5, 0.6) is 0 Å². The molecule has 0 radical (unpaired) electrons. The smallest absolute Gasteiger partial charge is 0.0783 e. The van der Waals surface area contributed by atoms with Crippen molar-refractivity contribution in [2.75, 3.05) is 20.4 Å². The SMILES string of the molecule is CC1=CC(c2cccc3c2Nc2ccccc2C32c3cc(-c4ccccc4)ccc3N(c3ccccc3)c3ccc(-c4ccccc4)cc32)=CC(C)C1N1c2ccccc2C2(c3ccccc3Nc3ccccc32)c2cccc(C)c21. The van der Waals surface area contributed by atoms with Gasteiger partial charge in [0.2, 0.25) is 0 Å². The third kappa shape index (κ3) is 6.71. The predicted octanol–water partition coefficient (Wildman–Crippen LogP) is 19.5. The van der Waals surface area contributed by atoms with Crippen molar-refractivity contribution in [3.8, 4) is 22.3 Å². The van der Waals surface area contributed by atoms with Gasteiger partial charge in [-0.2, -0.15) is 0 Å². The summed E-state index contributed by atoms with van der Waals surface area (Å²) in [6.45, 7) is 7.11. The van der Waals surface area contributed by atoms with Crippen molar-refractivity contribution < 1.29 is 0 Å². The van der Waals surface area contributed by atoms with E-state index in [1.807, 2.05) is 0 Å². The third-order valence-corrected chi connectivity index (χ3v) is 18.3. The summed E-state index contributed by atoms with van der Waals surface area (Å²) >= 11 is 0. The van der Waals surface area contributed by atoms with E-state index in [9.17, 15) is 0 Å². The van der Waals surface area contributed by atoms with Crippen LogP contribution in [0.3, 0.4) is 0 Å². The number of anilines is 9. The van der Waals surface area contributed by atoms with Gasteiger partial charge in [-0.25, -0.2) is 0 Å². The Morgan fingerprint density at radius 3 is 1.46 bits per heavy atom. The highest BCUT2D eigenvalue weighted by molar-refractivity contribution is 5.99. The molecule has 0 aromatic heterocycles. The molecule has 11 aromatic rings. The van der Waals surface area contributed by atoms with Crippen LogP contribution in [0.25, 0.3) is 27.8 Å². The Morgan fingerprint density at radius 2 is 0.864 bits per heavy atom. The lowest BCUT2D eigenvalue weighted by Crippen LogP contribution is -2.47. The fourth-order valence-electron chi connectivity index (χ4n) is 15.2. The molecule has 0 saturated heterocycles. The molecule has 1 aliphatic carbocycles. The van der Waals surface area contributed by atoms with Gasteiger partial charge in [0.1, 0.15) is 0 Å². The molecule has 4 nitrogen and oxygen atoms in total. The second-order valence-corrected chi connectivity index (χ2v) is 22.7. The van der Waals surface area contributed by atoms with Crippen molar-refractivity contribution in [1.29, 1.82) is 0 Å². The molecule has 11 aromatic carbocycles. The molecule has 0 saturated carbocycles. The van der Waals surface area contributed by atoms with Gasteiger partial charge in [0, 0.05) is 39.7 Å². The van der Waals surface area contributed by atoms with Crippen molar-refractivity contribution in [1.82, 2.24) is 0 Å². The van der Waals surface area contributed by atoms with Crippen LogP contribution in [0.4, 0.5) is 51.2 Å². The number of allylic oxidation sites excluding steroid dienone is 2. The minimum Gasteiger partial charge on any atom is -0.355 e. The second kappa shape index (κ2) is 18.1. The van der Waals surface area contributed by atoms with Crippen molar-refractivity contribution in [2.24, 2.45) is 5.92 Å². The van der Waals surface area contributed by atoms with Crippen molar-refractivity contribution in [3.05, 3.63) is 334 Å². The quantitative estimate of drug-likeness (QED) is 0.180. The molecule has 4 aliphatic heterocycles. The molecule has 0 amide bonds. The summed E-state index contributed by atoms with van der Waals surface area (Å²) < 4.78 is 0. The Balaban J connectivity index is 0.906. The lowest BCUT2D eigenvalue weighted by Gasteiger charge is -2.52. The summed E-state index contributed by atoms with van der Waals surface area (Å²) in [5.41, 5.74) is 29.1. The molecule has 81 heavy (non-hydrogen) atoms. The van der Waals surface area contributed by atoms with E-state index >= 15 is 0 Å². The lowest BCUT2D eigenvalue weighted by atomic mass is 9.59. The van der Waals surface area contributed by atoms with Crippen LogP contribution in [0.1, 0.15) is 69.5 Å². The maximum absolute atomic E-state index is 4.16. The fourth-order valence-corrected chi connectivity index (χ4v) is 15.2. The molecule has 16 rings (SSSR count). The van der Waals surface area contributed by atoms with E-state index in [0.717, 1.165) is 39.8 Å². The number of hydrogen-bond donors (Lipinski definition) is 2. The maximum atomic E-state index is 4.16. The molecule has 4 heteroatoms. The van der Waals surface area contributed by atoms with Gasteiger partial charge in [0.05, 0.1) is 33.9 Å². The van der Waals surface area contributed by atoms with Crippen LogP contribution in [0, 0.1) is 12.8 Å². The van der Waals surface area contributed by atoms with Crippen molar-refractivity contribution in [2.45, 2.75) is 37.6 Å². The summed E-state index contributed by atoms with van der Waals surface area (Å²) in [6, 6.07) is 97.3. The Bertz CT molecular complexity index is 4280. The van der Waals surface area contributed by atoms with Crippen LogP contribution < -0.4 is 20.4 Å². The predicted molar refractivity (Wildman–Crippen MR) is 337 cm³/mol. The first kappa shape index (κ1) is 47.1. The first-order valence-electron chi connectivity index (χ1n) is 28.5. The highest BCUT2D eigenvalue weighted by Gasteiger charge is 2.54. The largest absolute Gasteiger partial charge is 0.355 e. The first-order chi connectivity index (χ1) is 39.9. The zero-order valence-corrected chi connectivity index (χ0v) is 45.5. The third-order valence-electron chi connectivity index (χ3n) is 18.3. The Labute approximate surface area is 474 Å². The molecular formula is C77H58N4. The van der Waals surface area contributed by atoms with Crippen LogP contribution >= 0.6 is 0 Å². The van der Waals surface area contributed by atoms with Gasteiger partial charge in [0.15, 0.2) is 0 Å². The zero-order valence-electron chi connectivity index (χ0n) is 45.5. The molecular weight excluding hydrogens is 981 g/mol. The van der Waals surface area contributed by atoms with Gasteiger partial charge in [-0.05, 0) is 164 Å². The van der Waals surface area contributed by atoms with E-state index in [1.165, 1.54) is 100 Å². The van der Waals surface area contributed by atoms with Gasteiger partial charge < -0.3 is 20.4 Å². The number of nitrogens with one attached hydrogen (secondary N) is 2. The molecule has 2 atom stereocenters. The molecule has 386 valence electrons. The molecule has 2 N–H and O–H groups in total. The topological polar surface area (TPSA) is 30.5 Å². The Morgan fingerprint density at radius 1 is 0.383 bits per heavy atom. The highest BCUT2D eigenvalue weighted by atomic mass is 15.2. The number of para-hydroxylation sites is 7. The number of fused-ring (bicyclic) bond motifs is 16. The summed E-state index contributed by atoms with van der Waals surface area (Å²) in [7, 11) is 0. The molecule has 5 aliphatic rings. The Kier molecular flexibility index (Phi) is 10.5. The van der Waals surface area contributed by atoms with E-state index in [0.29, 0.717) is 0 Å².